The molecule has 4 N–H and O–H groups in total. The summed E-state index contributed by atoms with van der Waals surface area (Å²) >= 11 is 0. The summed E-state index contributed by atoms with van der Waals surface area (Å²) in [4.78, 5) is 3.21. The summed E-state index contributed by atoms with van der Waals surface area (Å²) in [6, 6.07) is 2.07. The molecule has 0 aliphatic carbocycles. The molecule has 0 radical (unpaired) electrons. The van der Waals surface area contributed by atoms with Crippen LogP contribution in [0, 0.1) is 11.3 Å². The maximum absolute atomic E-state index is 12.5. The van der Waals surface area contributed by atoms with E-state index in [9.17, 15) is 17.2 Å². The first-order valence-corrected chi connectivity index (χ1v) is 5.33. The average Bonchev–Trinajstić information content (AvgIpc) is 2.14. The number of hydrogen-bond donors (Lipinski definition) is 2. The number of nitrogens with two attached hydrogens (primary N) is 2. The third kappa shape index (κ3) is 2.23. The first-order chi connectivity index (χ1) is 7.27. The Kier molecular flexibility index (Phi) is 3.06. The Bertz CT molecular complexity index is 564. The normalized spacial score (nSPS) is 11.4. The minimum absolute atomic E-state index is 0.563. The van der Waals surface area contributed by atoms with E-state index in [-0.39, 0.29) is 0 Å². The van der Waals surface area contributed by atoms with E-state index in [4.69, 9.17) is 16.1 Å². The monoisotopic (exact) mass is 248 g/mol. The van der Waals surface area contributed by atoms with Crippen LogP contribution in [0.1, 0.15) is 17.6 Å². The Morgan fingerprint density at radius 1 is 1.50 bits per heavy atom. The molecule has 0 fully saturated rings. The van der Waals surface area contributed by atoms with E-state index >= 15 is 0 Å². The second-order valence-corrected chi connectivity index (χ2v) is 4.27. The molecule has 0 amide bonds. The van der Waals surface area contributed by atoms with Gasteiger partial charge in [-0.25, -0.2) is 27.3 Å². The van der Waals surface area contributed by atoms with Gasteiger partial charge < -0.3 is 5.73 Å². The Labute approximate surface area is 89.5 Å². The van der Waals surface area contributed by atoms with Crippen molar-refractivity contribution in [3.63, 3.8) is 0 Å². The number of anilines is 1. The predicted octanol–water partition coefficient (Wildman–Crippen LogP) is 0.120. The van der Waals surface area contributed by atoms with Gasteiger partial charge in [-0.15, -0.1) is 0 Å². The van der Waals surface area contributed by atoms with Gasteiger partial charge >= 0.3 is 0 Å². The van der Waals surface area contributed by atoms with Gasteiger partial charge in [-0.2, -0.15) is 5.26 Å². The van der Waals surface area contributed by atoms with Crippen LogP contribution in [-0.2, 0) is 10.0 Å². The second kappa shape index (κ2) is 3.99. The fraction of sp³-hybridized carbons (Fsp3) is 0.143. The summed E-state index contributed by atoms with van der Waals surface area (Å²) in [7, 11) is -4.19. The first kappa shape index (κ1) is 12.3. The van der Waals surface area contributed by atoms with E-state index in [1.807, 2.05) is 0 Å². The summed E-state index contributed by atoms with van der Waals surface area (Å²) in [5.74, 6) is -0.724. The number of sulfonamides is 1. The van der Waals surface area contributed by atoms with Crippen LogP contribution in [-0.4, -0.2) is 13.4 Å². The number of nitriles is 1. The molecule has 0 aromatic carbocycles. The Morgan fingerprint density at radius 2 is 2.06 bits per heavy atom. The molecule has 0 saturated heterocycles. The molecule has 0 unspecified atom stereocenters. The minimum atomic E-state index is -4.19. The fourth-order valence-corrected chi connectivity index (χ4v) is 1.53. The van der Waals surface area contributed by atoms with Gasteiger partial charge in [-0.3, -0.25) is 0 Å². The quantitative estimate of drug-likeness (QED) is 0.769. The lowest BCUT2D eigenvalue weighted by atomic mass is 10.1. The number of aromatic nitrogens is 1. The summed E-state index contributed by atoms with van der Waals surface area (Å²) in [6.45, 7) is 0. The molecule has 9 heteroatoms. The maximum Gasteiger partial charge on any atom is 0.268 e. The second-order valence-electron chi connectivity index (χ2n) is 2.76. The van der Waals surface area contributed by atoms with Crippen molar-refractivity contribution < 1.29 is 17.2 Å². The zero-order chi connectivity index (χ0) is 12.5. The Balaban J connectivity index is 3.59. The van der Waals surface area contributed by atoms with Gasteiger partial charge in [0.1, 0.15) is 5.82 Å². The third-order valence-electron chi connectivity index (χ3n) is 1.69. The summed E-state index contributed by atoms with van der Waals surface area (Å²) in [5.41, 5.74) is 3.77. The van der Waals surface area contributed by atoms with Crippen LogP contribution in [0.25, 0.3) is 0 Å². The topological polar surface area (TPSA) is 123 Å². The SMILES string of the molecule is N#Cc1cc(S(N)(=O)=O)nc(N)c1C(F)F. The van der Waals surface area contributed by atoms with Crippen LogP contribution in [0.15, 0.2) is 11.1 Å². The predicted molar refractivity (Wildman–Crippen MR) is 49.7 cm³/mol. The molecule has 86 valence electrons. The largest absolute Gasteiger partial charge is 0.383 e. The van der Waals surface area contributed by atoms with Crippen LogP contribution in [0.3, 0.4) is 0 Å². The smallest absolute Gasteiger partial charge is 0.268 e. The van der Waals surface area contributed by atoms with E-state index in [0.29, 0.717) is 6.07 Å². The molecule has 1 rings (SSSR count). The number of nitrogen functional groups attached to an aromatic ring is 1. The number of halogens is 2. The van der Waals surface area contributed by atoms with Crippen LogP contribution in [0.4, 0.5) is 14.6 Å². The van der Waals surface area contributed by atoms with E-state index in [2.05, 4.69) is 4.98 Å². The zero-order valence-electron chi connectivity index (χ0n) is 7.68. The van der Waals surface area contributed by atoms with E-state index in [1.165, 1.54) is 6.07 Å². The number of nitrogens with zero attached hydrogens (tertiary/aromatic N) is 2. The summed E-state index contributed by atoms with van der Waals surface area (Å²) in [6.07, 6.45) is -3.02. The lowest BCUT2D eigenvalue weighted by Gasteiger charge is -2.07. The van der Waals surface area contributed by atoms with Gasteiger partial charge in [-0.05, 0) is 6.07 Å². The molecule has 6 nitrogen and oxygen atoms in total. The van der Waals surface area contributed by atoms with Crippen molar-refractivity contribution in [1.82, 2.24) is 4.98 Å². The average molecular weight is 248 g/mol. The number of hydrogen-bond acceptors (Lipinski definition) is 5. The summed E-state index contributed by atoms with van der Waals surface area (Å²) < 4.78 is 46.7. The van der Waals surface area contributed by atoms with Gasteiger partial charge in [-0.1, -0.05) is 0 Å². The van der Waals surface area contributed by atoms with Crippen molar-refractivity contribution in [2.24, 2.45) is 5.14 Å². The first-order valence-electron chi connectivity index (χ1n) is 3.79. The van der Waals surface area contributed by atoms with Crippen molar-refractivity contribution in [2.75, 3.05) is 5.73 Å². The molecular weight excluding hydrogens is 242 g/mol. The number of pyridine rings is 1. The Morgan fingerprint density at radius 3 is 2.44 bits per heavy atom. The van der Waals surface area contributed by atoms with Crippen molar-refractivity contribution in [3.8, 4) is 6.07 Å². The number of alkyl halides is 2. The zero-order valence-corrected chi connectivity index (χ0v) is 8.50. The van der Waals surface area contributed by atoms with Crippen molar-refractivity contribution >= 4 is 15.8 Å². The van der Waals surface area contributed by atoms with Crippen LogP contribution in [0.2, 0.25) is 0 Å². The highest BCUT2D eigenvalue weighted by molar-refractivity contribution is 7.89. The van der Waals surface area contributed by atoms with E-state index in [0.717, 1.165) is 0 Å². The minimum Gasteiger partial charge on any atom is -0.383 e. The van der Waals surface area contributed by atoms with Gasteiger partial charge in [0.15, 0.2) is 5.03 Å². The van der Waals surface area contributed by atoms with Gasteiger partial charge in [0.2, 0.25) is 0 Å². The lowest BCUT2D eigenvalue weighted by Crippen LogP contribution is -2.16. The fourth-order valence-electron chi connectivity index (χ4n) is 1.02. The molecule has 1 aromatic heterocycles. The number of primary sulfonamides is 1. The maximum atomic E-state index is 12.5. The molecule has 0 atom stereocenters. The van der Waals surface area contributed by atoms with Gasteiger partial charge in [0, 0.05) is 0 Å². The number of rotatable bonds is 2. The molecule has 0 saturated carbocycles. The van der Waals surface area contributed by atoms with Gasteiger partial charge in [0.25, 0.3) is 16.4 Å². The van der Waals surface area contributed by atoms with E-state index < -0.39 is 38.4 Å². The van der Waals surface area contributed by atoms with Gasteiger partial charge in [0.05, 0.1) is 17.2 Å². The van der Waals surface area contributed by atoms with Crippen molar-refractivity contribution in [1.29, 1.82) is 5.26 Å². The van der Waals surface area contributed by atoms with Crippen molar-refractivity contribution in [2.45, 2.75) is 11.5 Å². The molecule has 1 aromatic rings. The third-order valence-corrected chi connectivity index (χ3v) is 2.49. The summed E-state index contributed by atoms with van der Waals surface area (Å²) in [5, 5.41) is 12.6. The Hall–Kier alpha value is -1.79. The molecule has 16 heavy (non-hydrogen) atoms. The highest BCUT2D eigenvalue weighted by atomic mass is 32.2. The standard InChI is InChI=1S/C7H6F2N4O2S/c8-6(9)5-3(2-10)1-4(13-7(5)11)16(12,14)15/h1,6H,(H2,11,13)(H2,12,14,15). The van der Waals surface area contributed by atoms with E-state index in [1.54, 1.807) is 0 Å². The molecule has 1 heterocycles. The van der Waals surface area contributed by atoms with Crippen LogP contribution < -0.4 is 10.9 Å². The molecular formula is C7H6F2N4O2S. The van der Waals surface area contributed by atoms with Crippen molar-refractivity contribution in [3.05, 3.63) is 17.2 Å². The molecule has 0 spiro atoms. The highest BCUT2D eigenvalue weighted by Gasteiger charge is 2.22. The lowest BCUT2D eigenvalue weighted by molar-refractivity contribution is 0.151. The highest BCUT2D eigenvalue weighted by Crippen LogP contribution is 2.28. The molecule has 0 aliphatic rings. The van der Waals surface area contributed by atoms with Crippen LogP contribution in [0.5, 0.6) is 0 Å². The molecule has 0 aliphatic heterocycles. The van der Waals surface area contributed by atoms with Crippen LogP contribution >= 0.6 is 0 Å². The molecule has 0 bridgehead atoms.